The molecule has 0 bridgehead atoms. The summed E-state index contributed by atoms with van der Waals surface area (Å²) in [7, 11) is 1.75. The van der Waals surface area contributed by atoms with Gasteiger partial charge in [0, 0.05) is 30.9 Å². The molecule has 0 amide bonds. The minimum absolute atomic E-state index is 0.00898. The number of nitrogens with zero attached hydrogens (tertiary/aromatic N) is 4. The van der Waals surface area contributed by atoms with Crippen LogP contribution in [-0.4, -0.2) is 20.5 Å². The number of aryl methyl sites for hydroxylation is 2. The lowest BCUT2D eigenvalue weighted by Crippen LogP contribution is -2.16. The molecule has 0 aliphatic carbocycles. The fourth-order valence-corrected chi connectivity index (χ4v) is 2.40. The highest BCUT2D eigenvalue weighted by Crippen LogP contribution is 2.29. The van der Waals surface area contributed by atoms with Crippen LogP contribution >= 0.6 is 0 Å². The number of alkyl halides is 3. The Morgan fingerprint density at radius 3 is 2.46 bits per heavy atom. The number of nitriles is 1. The van der Waals surface area contributed by atoms with Crippen LogP contribution in [-0.2, 0) is 24.4 Å². The Hall–Kier alpha value is -2.69. The summed E-state index contributed by atoms with van der Waals surface area (Å²) in [6.45, 7) is 3.56. The molecule has 5 nitrogen and oxygen atoms in total. The van der Waals surface area contributed by atoms with Crippen molar-refractivity contribution in [2.45, 2.75) is 32.4 Å². The van der Waals surface area contributed by atoms with E-state index in [-0.39, 0.29) is 12.1 Å². The molecule has 0 aromatic carbocycles. The fraction of sp³-hybridized carbons (Fsp3) is 0.375. The van der Waals surface area contributed by atoms with E-state index < -0.39 is 23.4 Å². The Bertz CT molecular complexity index is 800. The van der Waals surface area contributed by atoms with Crippen molar-refractivity contribution in [1.82, 2.24) is 14.8 Å². The number of Topliss-reactive ketones (excluding diaryl/α,β-unsaturated/α-hetero) is 1. The molecule has 0 saturated heterocycles. The SMILES string of the molecule is Cc1nn(C)c(C)c1CC(=O)C(C#N)c1ccc(C(F)(F)F)cn1. The number of ketones is 1. The predicted molar refractivity (Wildman–Crippen MR) is 79.0 cm³/mol. The predicted octanol–water partition coefficient (Wildman–Crippen LogP) is 2.87. The van der Waals surface area contributed by atoms with Crippen molar-refractivity contribution in [2.75, 3.05) is 0 Å². The monoisotopic (exact) mass is 336 g/mol. The third kappa shape index (κ3) is 3.45. The number of hydrogen-bond acceptors (Lipinski definition) is 4. The number of hydrogen-bond donors (Lipinski definition) is 0. The van der Waals surface area contributed by atoms with Crippen LogP contribution in [0.15, 0.2) is 18.3 Å². The molecule has 8 heteroatoms. The van der Waals surface area contributed by atoms with Crippen molar-refractivity contribution < 1.29 is 18.0 Å². The van der Waals surface area contributed by atoms with Crippen LogP contribution < -0.4 is 0 Å². The molecule has 1 atom stereocenters. The second-order valence-corrected chi connectivity index (χ2v) is 5.45. The van der Waals surface area contributed by atoms with Crippen molar-refractivity contribution in [3.8, 4) is 6.07 Å². The number of halogens is 3. The number of carbonyl (C=O) groups excluding carboxylic acids is 1. The maximum atomic E-state index is 12.6. The largest absolute Gasteiger partial charge is 0.417 e. The molecular formula is C16H15F3N4O. The first-order valence-corrected chi connectivity index (χ1v) is 7.09. The van der Waals surface area contributed by atoms with Gasteiger partial charge in [-0.1, -0.05) is 0 Å². The topological polar surface area (TPSA) is 71.6 Å². The first kappa shape index (κ1) is 17.7. The first-order valence-electron chi connectivity index (χ1n) is 7.09. The summed E-state index contributed by atoms with van der Waals surface area (Å²) in [5, 5.41) is 13.4. The molecular weight excluding hydrogens is 321 g/mol. The Balaban J connectivity index is 2.25. The fourth-order valence-electron chi connectivity index (χ4n) is 2.40. The van der Waals surface area contributed by atoms with Gasteiger partial charge in [0.05, 0.1) is 23.0 Å². The van der Waals surface area contributed by atoms with E-state index in [2.05, 4.69) is 10.1 Å². The summed E-state index contributed by atoms with van der Waals surface area (Å²) >= 11 is 0. The minimum Gasteiger partial charge on any atom is -0.297 e. The van der Waals surface area contributed by atoms with Gasteiger partial charge in [-0.3, -0.25) is 14.5 Å². The molecule has 0 N–H and O–H groups in total. The zero-order valence-electron chi connectivity index (χ0n) is 13.3. The summed E-state index contributed by atoms with van der Waals surface area (Å²) in [6.07, 6.45) is -3.90. The van der Waals surface area contributed by atoms with E-state index in [1.165, 1.54) is 0 Å². The Morgan fingerprint density at radius 2 is 2.04 bits per heavy atom. The highest BCUT2D eigenvalue weighted by molar-refractivity contribution is 5.90. The van der Waals surface area contributed by atoms with Gasteiger partial charge in [0.15, 0.2) is 5.78 Å². The van der Waals surface area contributed by atoms with Crippen molar-refractivity contribution in [3.05, 3.63) is 46.5 Å². The normalized spacial score (nSPS) is 12.7. The van der Waals surface area contributed by atoms with Crippen LogP contribution in [0.5, 0.6) is 0 Å². The zero-order chi connectivity index (χ0) is 18.1. The van der Waals surface area contributed by atoms with Crippen molar-refractivity contribution >= 4 is 5.78 Å². The van der Waals surface area contributed by atoms with E-state index in [1.807, 2.05) is 6.07 Å². The van der Waals surface area contributed by atoms with E-state index in [1.54, 1.807) is 25.6 Å². The van der Waals surface area contributed by atoms with Crippen LogP contribution in [0.3, 0.4) is 0 Å². The molecule has 2 aromatic rings. The van der Waals surface area contributed by atoms with Crippen molar-refractivity contribution in [1.29, 1.82) is 5.26 Å². The van der Waals surface area contributed by atoms with Crippen molar-refractivity contribution in [2.24, 2.45) is 7.05 Å². The third-order valence-corrected chi connectivity index (χ3v) is 3.87. The van der Waals surface area contributed by atoms with Gasteiger partial charge in [-0.2, -0.15) is 23.5 Å². The molecule has 2 rings (SSSR count). The quantitative estimate of drug-likeness (QED) is 0.861. The van der Waals surface area contributed by atoms with E-state index in [4.69, 9.17) is 0 Å². The molecule has 0 spiro atoms. The van der Waals surface area contributed by atoms with Gasteiger partial charge < -0.3 is 0 Å². The van der Waals surface area contributed by atoms with Crippen LogP contribution in [0.25, 0.3) is 0 Å². The minimum atomic E-state index is -4.51. The summed E-state index contributed by atoms with van der Waals surface area (Å²) in [5.41, 5.74) is 1.29. The number of rotatable bonds is 4. The lowest BCUT2D eigenvalue weighted by atomic mass is 9.94. The lowest BCUT2D eigenvalue weighted by molar-refractivity contribution is -0.137. The Kier molecular flexibility index (Phi) is 4.73. The summed E-state index contributed by atoms with van der Waals surface area (Å²) in [4.78, 5) is 16.1. The highest BCUT2D eigenvalue weighted by atomic mass is 19.4. The van der Waals surface area contributed by atoms with E-state index >= 15 is 0 Å². The van der Waals surface area contributed by atoms with Gasteiger partial charge in [0.1, 0.15) is 5.92 Å². The van der Waals surface area contributed by atoms with E-state index in [9.17, 15) is 23.2 Å². The number of aromatic nitrogens is 3. The average molecular weight is 336 g/mol. The first-order chi connectivity index (χ1) is 11.1. The molecule has 2 heterocycles. The molecule has 1 unspecified atom stereocenters. The number of pyridine rings is 1. The molecule has 126 valence electrons. The molecule has 2 aromatic heterocycles. The molecule has 0 aliphatic heterocycles. The maximum Gasteiger partial charge on any atom is 0.417 e. The second kappa shape index (κ2) is 6.43. The lowest BCUT2D eigenvalue weighted by Gasteiger charge is -2.10. The van der Waals surface area contributed by atoms with Crippen molar-refractivity contribution in [3.63, 3.8) is 0 Å². The van der Waals surface area contributed by atoms with Crippen LogP contribution in [0, 0.1) is 25.2 Å². The molecule has 0 fully saturated rings. The average Bonchev–Trinajstić information content (AvgIpc) is 2.74. The standard InChI is InChI=1S/C16H15F3N4O/c1-9-12(10(2)23(3)22-9)6-15(24)13(7-20)14-5-4-11(8-21-14)16(17,18)19/h4-5,8,13H,6H2,1-3H3. The Labute approximate surface area is 136 Å². The zero-order valence-corrected chi connectivity index (χ0v) is 13.3. The summed E-state index contributed by atoms with van der Waals surface area (Å²) < 4.78 is 39.3. The van der Waals surface area contributed by atoms with Gasteiger partial charge >= 0.3 is 6.18 Å². The highest BCUT2D eigenvalue weighted by Gasteiger charge is 2.31. The van der Waals surface area contributed by atoms with Crippen LogP contribution in [0.4, 0.5) is 13.2 Å². The summed E-state index contributed by atoms with van der Waals surface area (Å²) in [6, 6.07) is 3.71. The van der Waals surface area contributed by atoms with Gasteiger partial charge in [-0.25, -0.2) is 0 Å². The van der Waals surface area contributed by atoms with Gasteiger partial charge in [-0.05, 0) is 26.0 Å². The molecule has 0 saturated carbocycles. The summed E-state index contributed by atoms with van der Waals surface area (Å²) in [5.74, 6) is -1.64. The Morgan fingerprint density at radius 1 is 1.38 bits per heavy atom. The second-order valence-electron chi connectivity index (χ2n) is 5.45. The number of carbonyl (C=O) groups is 1. The third-order valence-electron chi connectivity index (χ3n) is 3.87. The molecule has 0 radical (unpaired) electrons. The molecule has 24 heavy (non-hydrogen) atoms. The molecule has 0 aliphatic rings. The van der Waals surface area contributed by atoms with Gasteiger partial charge in [0.2, 0.25) is 0 Å². The van der Waals surface area contributed by atoms with Gasteiger partial charge in [0.25, 0.3) is 0 Å². The maximum absolute atomic E-state index is 12.6. The van der Waals surface area contributed by atoms with E-state index in [0.29, 0.717) is 11.9 Å². The van der Waals surface area contributed by atoms with Gasteiger partial charge in [-0.15, -0.1) is 0 Å². The van der Waals surface area contributed by atoms with Crippen LogP contribution in [0.2, 0.25) is 0 Å². The van der Waals surface area contributed by atoms with E-state index in [0.717, 1.165) is 23.4 Å². The van der Waals surface area contributed by atoms with Crippen LogP contribution in [0.1, 0.15) is 34.1 Å². The smallest absolute Gasteiger partial charge is 0.297 e.